The first-order valence-electron chi connectivity index (χ1n) is 5.34. The van der Waals surface area contributed by atoms with Gasteiger partial charge in [-0.15, -0.1) is 11.3 Å². The second-order valence-corrected chi connectivity index (χ2v) is 5.27. The van der Waals surface area contributed by atoms with Crippen LogP contribution in [0, 0.1) is 18.6 Å². The summed E-state index contributed by atoms with van der Waals surface area (Å²) in [6.45, 7) is 3.23. The molecule has 0 unspecified atom stereocenters. The van der Waals surface area contributed by atoms with E-state index < -0.39 is 11.6 Å². The Kier molecular flexibility index (Phi) is 3.86. The Morgan fingerprint density at radius 3 is 2.35 bits per heavy atom. The molecule has 0 amide bonds. The topological polar surface area (TPSA) is 12.0 Å². The minimum atomic E-state index is -0.534. The first-order chi connectivity index (χ1) is 8.13. The van der Waals surface area contributed by atoms with E-state index in [1.807, 2.05) is 0 Å². The molecule has 1 aromatic carbocycles. The highest BCUT2D eigenvalue weighted by atomic mass is 32.1. The molecule has 1 heterocycles. The Morgan fingerprint density at radius 2 is 1.76 bits per heavy atom. The minimum Gasteiger partial charge on any atom is -0.308 e. The van der Waals surface area contributed by atoms with Gasteiger partial charge in [-0.25, -0.2) is 8.78 Å². The lowest BCUT2D eigenvalue weighted by atomic mass is 10.2. The predicted octanol–water partition coefficient (Wildman–Crippen LogP) is 3.62. The predicted molar refractivity (Wildman–Crippen MR) is 66.0 cm³/mol. The van der Waals surface area contributed by atoms with Crippen molar-refractivity contribution in [1.82, 2.24) is 5.32 Å². The lowest BCUT2D eigenvalue weighted by Crippen LogP contribution is -2.12. The molecule has 0 radical (unpaired) electrons. The van der Waals surface area contributed by atoms with Crippen LogP contribution in [0.4, 0.5) is 8.78 Å². The summed E-state index contributed by atoms with van der Waals surface area (Å²) in [4.78, 5) is 2.48. The summed E-state index contributed by atoms with van der Waals surface area (Å²) in [5.74, 6) is -1.07. The zero-order valence-electron chi connectivity index (χ0n) is 9.47. The second-order valence-electron chi connectivity index (χ2n) is 3.89. The molecule has 1 aromatic heterocycles. The fourth-order valence-corrected chi connectivity index (χ4v) is 2.48. The van der Waals surface area contributed by atoms with Gasteiger partial charge in [0, 0.05) is 28.9 Å². The smallest absolute Gasteiger partial charge is 0.126 e. The molecule has 0 aliphatic heterocycles. The highest BCUT2D eigenvalue weighted by Gasteiger charge is 2.01. The molecule has 0 spiro atoms. The van der Waals surface area contributed by atoms with E-state index in [-0.39, 0.29) is 0 Å². The van der Waals surface area contributed by atoms with E-state index in [0.717, 1.165) is 12.6 Å². The van der Waals surface area contributed by atoms with Gasteiger partial charge < -0.3 is 5.32 Å². The number of halogens is 2. The number of thiophene rings is 1. The van der Waals surface area contributed by atoms with Crippen LogP contribution in [0.25, 0.3) is 0 Å². The van der Waals surface area contributed by atoms with Crippen LogP contribution in [0.1, 0.15) is 15.3 Å². The van der Waals surface area contributed by atoms with Crippen molar-refractivity contribution in [3.8, 4) is 0 Å². The fourth-order valence-electron chi connectivity index (χ4n) is 1.62. The average Bonchev–Trinajstić information content (AvgIpc) is 2.63. The summed E-state index contributed by atoms with van der Waals surface area (Å²) in [5.41, 5.74) is 0.621. The van der Waals surface area contributed by atoms with Gasteiger partial charge in [-0.1, -0.05) is 0 Å². The molecule has 2 aromatic rings. The zero-order valence-corrected chi connectivity index (χ0v) is 10.3. The maximum Gasteiger partial charge on any atom is 0.126 e. The average molecular weight is 253 g/mol. The lowest BCUT2D eigenvalue weighted by molar-refractivity contribution is 0.575. The number of hydrogen-bond donors (Lipinski definition) is 1. The molecule has 0 aliphatic rings. The molecule has 0 fully saturated rings. The standard InChI is InChI=1S/C13H13F2NS/c1-9-2-3-13(17-9)8-16-7-10-4-11(14)6-12(15)5-10/h2-6,16H,7-8H2,1H3. The molecule has 0 saturated carbocycles. The van der Waals surface area contributed by atoms with E-state index >= 15 is 0 Å². The lowest BCUT2D eigenvalue weighted by Gasteiger charge is -2.04. The first-order valence-corrected chi connectivity index (χ1v) is 6.16. The van der Waals surface area contributed by atoms with Gasteiger partial charge in [0.15, 0.2) is 0 Å². The van der Waals surface area contributed by atoms with Crippen molar-refractivity contribution in [2.45, 2.75) is 20.0 Å². The summed E-state index contributed by atoms with van der Waals surface area (Å²) < 4.78 is 25.8. The van der Waals surface area contributed by atoms with Crippen molar-refractivity contribution < 1.29 is 8.78 Å². The molecule has 1 nitrogen and oxygen atoms in total. The van der Waals surface area contributed by atoms with Crippen molar-refractivity contribution in [3.05, 3.63) is 57.3 Å². The maximum absolute atomic E-state index is 12.9. The molecule has 0 bridgehead atoms. The molecule has 0 atom stereocenters. The van der Waals surface area contributed by atoms with Gasteiger partial charge in [0.05, 0.1) is 0 Å². The monoisotopic (exact) mass is 253 g/mol. The van der Waals surface area contributed by atoms with E-state index in [4.69, 9.17) is 0 Å². The Hall–Kier alpha value is -1.26. The Morgan fingerprint density at radius 1 is 1.06 bits per heavy atom. The third kappa shape index (κ3) is 3.61. The largest absolute Gasteiger partial charge is 0.308 e. The third-order valence-corrected chi connectivity index (χ3v) is 3.35. The van der Waals surface area contributed by atoms with E-state index in [2.05, 4.69) is 24.4 Å². The van der Waals surface area contributed by atoms with E-state index in [9.17, 15) is 8.78 Å². The normalized spacial score (nSPS) is 10.8. The number of benzene rings is 1. The van der Waals surface area contributed by atoms with E-state index in [0.29, 0.717) is 12.1 Å². The van der Waals surface area contributed by atoms with Crippen molar-refractivity contribution in [1.29, 1.82) is 0 Å². The van der Waals surface area contributed by atoms with E-state index in [1.165, 1.54) is 21.9 Å². The van der Waals surface area contributed by atoms with Gasteiger partial charge in [0.1, 0.15) is 11.6 Å². The summed E-state index contributed by atoms with van der Waals surface area (Å²) >= 11 is 1.72. The van der Waals surface area contributed by atoms with Crippen LogP contribution in [0.3, 0.4) is 0 Å². The van der Waals surface area contributed by atoms with Gasteiger partial charge in [-0.3, -0.25) is 0 Å². The third-order valence-electron chi connectivity index (χ3n) is 2.35. The molecule has 0 saturated heterocycles. The summed E-state index contributed by atoms with van der Waals surface area (Å²) in [6.07, 6.45) is 0. The van der Waals surface area contributed by atoms with Crippen molar-refractivity contribution in [3.63, 3.8) is 0 Å². The van der Waals surface area contributed by atoms with Gasteiger partial charge in [-0.2, -0.15) is 0 Å². The van der Waals surface area contributed by atoms with Crippen LogP contribution in [-0.2, 0) is 13.1 Å². The van der Waals surface area contributed by atoms with Crippen LogP contribution in [0.15, 0.2) is 30.3 Å². The Balaban J connectivity index is 1.89. The van der Waals surface area contributed by atoms with Crippen LogP contribution < -0.4 is 5.32 Å². The molecular weight excluding hydrogens is 240 g/mol. The van der Waals surface area contributed by atoms with Crippen LogP contribution in [-0.4, -0.2) is 0 Å². The highest BCUT2D eigenvalue weighted by Crippen LogP contribution is 2.15. The molecule has 2 rings (SSSR count). The molecular formula is C13H13F2NS. The molecule has 0 aliphatic carbocycles. The maximum atomic E-state index is 12.9. The van der Waals surface area contributed by atoms with Crippen molar-refractivity contribution in [2.75, 3.05) is 0 Å². The highest BCUT2D eigenvalue weighted by molar-refractivity contribution is 7.11. The first kappa shape index (κ1) is 12.2. The summed E-state index contributed by atoms with van der Waals surface area (Å²) in [7, 11) is 0. The minimum absolute atomic E-state index is 0.464. The fraction of sp³-hybridized carbons (Fsp3) is 0.231. The summed E-state index contributed by atoms with van der Waals surface area (Å²) in [5, 5.41) is 3.16. The van der Waals surface area contributed by atoms with Crippen LogP contribution in [0.2, 0.25) is 0 Å². The number of hydrogen-bond acceptors (Lipinski definition) is 2. The number of aryl methyl sites for hydroxylation is 1. The van der Waals surface area contributed by atoms with Crippen LogP contribution >= 0.6 is 11.3 Å². The van der Waals surface area contributed by atoms with Crippen LogP contribution in [0.5, 0.6) is 0 Å². The second kappa shape index (κ2) is 5.38. The van der Waals surface area contributed by atoms with E-state index in [1.54, 1.807) is 11.3 Å². The zero-order chi connectivity index (χ0) is 12.3. The summed E-state index contributed by atoms with van der Waals surface area (Å²) in [6, 6.07) is 7.68. The van der Waals surface area contributed by atoms with Gasteiger partial charge in [0.2, 0.25) is 0 Å². The molecule has 1 N–H and O–H groups in total. The number of nitrogens with one attached hydrogen (secondary N) is 1. The van der Waals surface area contributed by atoms with Gasteiger partial charge >= 0.3 is 0 Å². The SMILES string of the molecule is Cc1ccc(CNCc2cc(F)cc(F)c2)s1. The van der Waals surface area contributed by atoms with Crippen molar-refractivity contribution >= 4 is 11.3 Å². The number of rotatable bonds is 4. The molecule has 90 valence electrons. The Labute approximate surface area is 103 Å². The molecule has 17 heavy (non-hydrogen) atoms. The Bertz CT molecular complexity index is 488. The quantitative estimate of drug-likeness (QED) is 0.877. The molecule has 4 heteroatoms. The van der Waals surface area contributed by atoms with Gasteiger partial charge in [0.25, 0.3) is 0 Å². The van der Waals surface area contributed by atoms with Gasteiger partial charge in [-0.05, 0) is 36.8 Å². The van der Waals surface area contributed by atoms with Crippen molar-refractivity contribution in [2.24, 2.45) is 0 Å².